The predicted octanol–water partition coefficient (Wildman–Crippen LogP) is 2.76. The summed E-state index contributed by atoms with van der Waals surface area (Å²) >= 11 is 0. The van der Waals surface area contributed by atoms with Crippen LogP contribution in [0, 0.1) is 12.3 Å². The van der Waals surface area contributed by atoms with E-state index < -0.39 is 12.2 Å². The minimum atomic E-state index is -0.592. The van der Waals surface area contributed by atoms with Crippen LogP contribution in [0.2, 0.25) is 0 Å². The summed E-state index contributed by atoms with van der Waals surface area (Å²) in [6.45, 7) is 5.63. The third kappa shape index (κ3) is 5.66. The van der Waals surface area contributed by atoms with Crippen LogP contribution in [0.4, 0.5) is 4.79 Å². The van der Waals surface area contributed by atoms with Gasteiger partial charge in [-0.25, -0.2) is 4.79 Å². The molecule has 20 heavy (non-hydrogen) atoms. The SMILES string of the molecule is C#C[C@H](Cc1ccc(OC)cc1)OC(=O)NC(C)(C)C. The third-order valence-corrected chi connectivity index (χ3v) is 2.49. The van der Waals surface area contributed by atoms with Gasteiger partial charge in [-0.05, 0) is 38.5 Å². The monoisotopic (exact) mass is 275 g/mol. The zero-order valence-corrected chi connectivity index (χ0v) is 12.4. The van der Waals surface area contributed by atoms with Crippen molar-refractivity contribution in [1.29, 1.82) is 0 Å². The summed E-state index contributed by atoms with van der Waals surface area (Å²) in [5.74, 6) is 3.26. The fourth-order valence-corrected chi connectivity index (χ4v) is 1.58. The molecule has 0 heterocycles. The topological polar surface area (TPSA) is 47.6 Å². The molecule has 1 amide bonds. The molecule has 0 saturated carbocycles. The van der Waals surface area contributed by atoms with Crippen molar-refractivity contribution >= 4 is 6.09 Å². The Labute approximate surface area is 120 Å². The van der Waals surface area contributed by atoms with Gasteiger partial charge in [-0.3, -0.25) is 0 Å². The molecule has 0 aromatic heterocycles. The first-order chi connectivity index (χ1) is 9.34. The maximum atomic E-state index is 11.7. The molecule has 0 radical (unpaired) electrons. The van der Waals surface area contributed by atoms with Crippen LogP contribution in [0.1, 0.15) is 26.3 Å². The average molecular weight is 275 g/mol. The Morgan fingerprint density at radius 3 is 2.40 bits per heavy atom. The molecular weight excluding hydrogens is 254 g/mol. The van der Waals surface area contributed by atoms with Gasteiger partial charge in [0.2, 0.25) is 0 Å². The summed E-state index contributed by atoms with van der Waals surface area (Å²) in [6, 6.07) is 7.48. The van der Waals surface area contributed by atoms with E-state index in [1.54, 1.807) is 7.11 Å². The Balaban J connectivity index is 2.59. The number of terminal acetylenes is 1. The fraction of sp³-hybridized carbons (Fsp3) is 0.438. The summed E-state index contributed by atoms with van der Waals surface area (Å²) in [6.07, 6.45) is 4.78. The number of carbonyl (C=O) groups is 1. The zero-order valence-electron chi connectivity index (χ0n) is 12.4. The lowest BCUT2D eigenvalue weighted by molar-refractivity contribution is 0.116. The van der Waals surface area contributed by atoms with E-state index in [1.807, 2.05) is 45.0 Å². The first-order valence-electron chi connectivity index (χ1n) is 6.42. The summed E-state index contributed by atoms with van der Waals surface area (Å²) in [5, 5.41) is 2.71. The molecule has 0 bridgehead atoms. The van der Waals surface area contributed by atoms with Gasteiger partial charge in [-0.2, -0.15) is 0 Å². The van der Waals surface area contributed by atoms with Crippen molar-refractivity contribution in [3.05, 3.63) is 29.8 Å². The summed E-state index contributed by atoms with van der Waals surface area (Å²) < 4.78 is 10.3. The Kier molecular flexibility index (Phi) is 5.45. The number of alkyl carbamates (subject to hydrolysis) is 1. The van der Waals surface area contributed by atoms with E-state index in [2.05, 4.69) is 11.2 Å². The molecule has 0 aliphatic heterocycles. The second-order valence-corrected chi connectivity index (χ2v) is 5.49. The van der Waals surface area contributed by atoms with Crippen LogP contribution in [0.3, 0.4) is 0 Å². The van der Waals surface area contributed by atoms with Crippen molar-refractivity contribution in [3.63, 3.8) is 0 Å². The molecule has 1 rings (SSSR count). The largest absolute Gasteiger partial charge is 0.497 e. The van der Waals surface area contributed by atoms with Crippen LogP contribution < -0.4 is 10.1 Å². The van der Waals surface area contributed by atoms with Crippen LogP contribution in [0.15, 0.2) is 24.3 Å². The number of hydrogen-bond donors (Lipinski definition) is 1. The van der Waals surface area contributed by atoms with Crippen LogP contribution in [-0.4, -0.2) is 24.8 Å². The Bertz CT molecular complexity index is 480. The van der Waals surface area contributed by atoms with E-state index in [0.717, 1.165) is 11.3 Å². The number of amides is 1. The number of hydrogen-bond acceptors (Lipinski definition) is 3. The molecule has 1 N–H and O–H groups in total. The second-order valence-electron chi connectivity index (χ2n) is 5.49. The van der Waals surface area contributed by atoms with Crippen molar-refractivity contribution in [3.8, 4) is 18.1 Å². The molecule has 1 atom stereocenters. The van der Waals surface area contributed by atoms with Crippen molar-refractivity contribution in [1.82, 2.24) is 5.32 Å². The number of ether oxygens (including phenoxy) is 2. The molecular formula is C16H21NO3. The van der Waals surface area contributed by atoms with Gasteiger partial charge in [0, 0.05) is 12.0 Å². The number of rotatable bonds is 4. The minimum absolute atomic E-state index is 0.351. The molecule has 0 aliphatic carbocycles. The lowest BCUT2D eigenvalue weighted by Crippen LogP contribution is -2.42. The highest BCUT2D eigenvalue weighted by Crippen LogP contribution is 2.13. The molecule has 108 valence electrons. The molecule has 0 unspecified atom stereocenters. The van der Waals surface area contributed by atoms with Crippen molar-refractivity contribution in [2.45, 2.75) is 38.8 Å². The average Bonchev–Trinajstić information content (AvgIpc) is 2.36. The molecule has 1 aromatic carbocycles. The molecule has 0 aliphatic rings. The normalized spacial score (nSPS) is 12.2. The van der Waals surface area contributed by atoms with Crippen LogP contribution >= 0.6 is 0 Å². The Hall–Kier alpha value is -2.15. The first-order valence-corrected chi connectivity index (χ1v) is 6.42. The first kappa shape index (κ1) is 15.9. The standard InChI is InChI=1S/C16H21NO3/c1-6-13(20-15(18)17-16(2,3)4)11-12-7-9-14(19-5)10-8-12/h1,7-10,13H,11H2,2-5H3,(H,17,18)/t13-/m1/s1. The molecule has 4 heteroatoms. The van der Waals surface area contributed by atoms with Crippen LogP contribution in [0.5, 0.6) is 5.75 Å². The molecule has 1 aromatic rings. The van der Waals surface area contributed by atoms with Crippen LogP contribution in [-0.2, 0) is 11.2 Å². The van der Waals surface area contributed by atoms with E-state index in [1.165, 1.54) is 0 Å². The van der Waals surface area contributed by atoms with Gasteiger partial charge in [0.15, 0.2) is 6.10 Å². The summed E-state index contributed by atoms with van der Waals surface area (Å²) in [7, 11) is 1.61. The fourth-order valence-electron chi connectivity index (χ4n) is 1.58. The van der Waals surface area contributed by atoms with Crippen molar-refractivity contribution in [2.24, 2.45) is 0 Å². The predicted molar refractivity (Wildman–Crippen MR) is 78.7 cm³/mol. The van der Waals surface area contributed by atoms with Gasteiger partial charge in [0.1, 0.15) is 5.75 Å². The number of methoxy groups -OCH3 is 1. The minimum Gasteiger partial charge on any atom is -0.497 e. The van der Waals surface area contributed by atoms with Gasteiger partial charge in [0.05, 0.1) is 7.11 Å². The van der Waals surface area contributed by atoms with Crippen molar-refractivity contribution in [2.75, 3.05) is 7.11 Å². The Morgan fingerprint density at radius 2 is 1.95 bits per heavy atom. The summed E-state index contributed by atoms with van der Waals surface area (Å²) in [4.78, 5) is 11.7. The maximum Gasteiger partial charge on any atom is 0.408 e. The van der Waals surface area contributed by atoms with Crippen LogP contribution in [0.25, 0.3) is 0 Å². The third-order valence-electron chi connectivity index (χ3n) is 2.49. The van der Waals surface area contributed by atoms with E-state index in [-0.39, 0.29) is 5.54 Å². The smallest absolute Gasteiger partial charge is 0.408 e. The van der Waals surface area contributed by atoms with Gasteiger partial charge >= 0.3 is 6.09 Å². The highest BCUT2D eigenvalue weighted by molar-refractivity contribution is 5.68. The molecule has 4 nitrogen and oxygen atoms in total. The highest BCUT2D eigenvalue weighted by atomic mass is 16.6. The maximum absolute atomic E-state index is 11.7. The molecule has 0 fully saturated rings. The van der Waals surface area contributed by atoms with E-state index in [0.29, 0.717) is 6.42 Å². The molecule has 0 spiro atoms. The van der Waals surface area contributed by atoms with Gasteiger partial charge in [0.25, 0.3) is 0 Å². The number of carbonyl (C=O) groups excluding carboxylic acids is 1. The second kappa shape index (κ2) is 6.85. The van der Waals surface area contributed by atoms with E-state index >= 15 is 0 Å². The van der Waals surface area contributed by atoms with Gasteiger partial charge in [-0.15, -0.1) is 6.42 Å². The van der Waals surface area contributed by atoms with Crippen molar-refractivity contribution < 1.29 is 14.3 Å². The highest BCUT2D eigenvalue weighted by Gasteiger charge is 2.18. The van der Waals surface area contributed by atoms with Gasteiger partial charge in [-0.1, -0.05) is 18.1 Å². The van der Waals surface area contributed by atoms with E-state index in [9.17, 15) is 4.79 Å². The summed E-state index contributed by atoms with van der Waals surface area (Å²) in [5.41, 5.74) is 0.633. The van der Waals surface area contributed by atoms with E-state index in [4.69, 9.17) is 15.9 Å². The van der Waals surface area contributed by atoms with Gasteiger partial charge < -0.3 is 14.8 Å². The zero-order chi connectivity index (χ0) is 15.2. The quantitative estimate of drug-likeness (QED) is 0.860. The molecule has 0 saturated heterocycles. The lowest BCUT2D eigenvalue weighted by Gasteiger charge is -2.21. The number of benzene rings is 1. The lowest BCUT2D eigenvalue weighted by atomic mass is 10.1. The number of nitrogens with one attached hydrogen (secondary N) is 1. The Morgan fingerprint density at radius 1 is 1.35 bits per heavy atom.